The lowest BCUT2D eigenvalue weighted by molar-refractivity contribution is -0.128. The van der Waals surface area contributed by atoms with Gasteiger partial charge in [-0.05, 0) is 22.4 Å². The first-order valence-corrected chi connectivity index (χ1v) is 8.50. The molecule has 1 saturated heterocycles. The summed E-state index contributed by atoms with van der Waals surface area (Å²) in [4.78, 5) is 18.8. The van der Waals surface area contributed by atoms with E-state index >= 15 is 0 Å². The Labute approximate surface area is 139 Å². The van der Waals surface area contributed by atoms with E-state index in [1.165, 1.54) is 5.39 Å². The van der Waals surface area contributed by atoms with Gasteiger partial charge in [-0.25, -0.2) is 0 Å². The summed E-state index contributed by atoms with van der Waals surface area (Å²) in [7, 11) is 1.87. The molecule has 0 N–H and O–H groups in total. The molecule has 0 saturated carbocycles. The number of thioether (sulfide) groups is 1. The van der Waals surface area contributed by atoms with Gasteiger partial charge in [-0.15, -0.1) is 11.8 Å². The molecule has 0 bridgehead atoms. The van der Waals surface area contributed by atoms with Gasteiger partial charge in [0.05, 0.1) is 0 Å². The molecule has 3 aromatic rings. The highest BCUT2D eigenvalue weighted by molar-refractivity contribution is 8.00. The SMILES string of the molecule is CN1C(=O)C(c2cccc3ccccc23)SC1c1cccnc1. The van der Waals surface area contributed by atoms with Crippen LogP contribution in [-0.2, 0) is 4.79 Å². The van der Waals surface area contributed by atoms with Gasteiger partial charge in [-0.3, -0.25) is 9.78 Å². The van der Waals surface area contributed by atoms with Gasteiger partial charge in [-0.1, -0.05) is 48.5 Å². The predicted octanol–water partition coefficient (Wildman–Crippen LogP) is 4.18. The minimum absolute atomic E-state index is 0.0140. The van der Waals surface area contributed by atoms with Gasteiger partial charge in [0.25, 0.3) is 0 Å². The molecule has 3 nitrogen and oxygen atoms in total. The number of nitrogens with zero attached hydrogens (tertiary/aromatic N) is 2. The van der Waals surface area contributed by atoms with Crippen molar-refractivity contribution < 1.29 is 4.79 Å². The van der Waals surface area contributed by atoms with E-state index < -0.39 is 0 Å². The van der Waals surface area contributed by atoms with Crippen molar-refractivity contribution in [3.05, 3.63) is 78.1 Å². The van der Waals surface area contributed by atoms with Gasteiger partial charge >= 0.3 is 0 Å². The molecule has 0 spiro atoms. The van der Waals surface area contributed by atoms with Crippen LogP contribution in [0.3, 0.4) is 0 Å². The summed E-state index contributed by atoms with van der Waals surface area (Å²) in [5.74, 6) is 0.153. The Bertz CT molecular complexity index is 860. The summed E-state index contributed by atoms with van der Waals surface area (Å²) in [6.07, 6.45) is 3.60. The van der Waals surface area contributed by atoms with E-state index in [-0.39, 0.29) is 16.5 Å². The van der Waals surface area contributed by atoms with Crippen LogP contribution in [0.25, 0.3) is 10.8 Å². The molecule has 0 aliphatic carbocycles. The zero-order chi connectivity index (χ0) is 15.8. The summed E-state index contributed by atoms with van der Waals surface area (Å²) in [6.45, 7) is 0. The van der Waals surface area contributed by atoms with Gasteiger partial charge in [0, 0.05) is 25.0 Å². The molecule has 1 aromatic heterocycles. The number of likely N-dealkylation sites (N-methyl/N-ethyl adjacent to an activating group) is 1. The fourth-order valence-electron chi connectivity index (χ4n) is 3.09. The molecular weight excluding hydrogens is 304 g/mol. The largest absolute Gasteiger partial charge is 0.328 e. The van der Waals surface area contributed by atoms with Crippen molar-refractivity contribution in [2.45, 2.75) is 10.6 Å². The number of hydrogen-bond donors (Lipinski definition) is 0. The lowest BCUT2D eigenvalue weighted by atomic mass is 10.0. The number of benzene rings is 2. The van der Waals surface area contributed by atoms with Gasteiger partial charge in [0.15, 0.2) is 0 Å². The number of carbonyl (C=O) groups is 1. The summed E-state index contributed by atoms with van der Waals surface area (Å²) >= 11 is 1.68. The summed E-state index contributed by atoms with van der Waals surface area (Å²) in [6, 6.07) is 18.4. The highest BCUT2D eigenvalue weighted by Crippen LogP contribution is 2.50. The number of carbonyl (C=O) groups excluding carboxylic acids is 1. The van der Waals surface area contributed by atoms with Crippen molar-refractivity contribution in [3.8, 4) is 0 Å². The minimum Gasteiger partial charge on any atom is -0.328 e. The second-order valence-electron chi connectivity index (χ2n) is 5.67. The van der Waals surface area contributed by atoms with Crippen LogP contribution in [0.1, 0.15) is 21.8 Å². The van der Waals surface area contributed by atoms with Crippen LogP contribution in [0.2, 0.25) is 0 Å². The smallest absolute Gasteiger partial charge is 0.241 e. The quantitative estimate of drug-likeness (QED) is 0.710. The highest BCUT2D eigenvalue weighted by atomic mass is 32.2. The minimum atomic E-state index is -0.170. The van der Waals surface area contributed by atoms with Crippen molar-refractivity contribution in [2.75, 3.05) is 7.05 Å². The maximum absolute atomic E-state index is 12.8. The Morgan fingerprint density at radius 2 is 1.87 bits per heavy atom. The maximum Gasteiger partial charge on any atom is 0.241 e. The van der Waals surface area contributed by atoms with Crippen LogP contribution < -0.4 is 0 Å². The lowest BCUT2D eigenvalue weighted by Crippen LogP contribution is -2.24. The molecule has 1 fully saturated rings. The number of amides is 1. The van der Waals surface area contributed by atoms with Gasteiger partial charge in [-0.2, -0.15) is 0 Å². The Kier molecular flexibility index (Phi) is 3.54. The van der Waals surface area contributed by atoms with Crippen LogP contribution in [-0.4, -0.2) is 22.8 Å². The molecule has 23 heavy (non-hydrogen) atoms. The molecule has 2 atom stereocenters. The van der Waals surface area contributed by atoms with Crippen LogP contribution >= 0.6 is 11.8 Å². The van der Waals surface area contributed by atoms with Crippen molar-refractivity contribution in [3.63, 3.8) is 0 Å². The van der Waals surface area contributed by atoms with Crippen molar-refractivity contribution in [1.82, 2.24) is 9.88 Å². The van der Waals surface area contributed by atoms with E-state index in [0.29, 0.717) is 0 Å². The number of rotatable bonds is 2. The normalized spacial score (nSPS) is 21.1. The highest BCUT2D eigenvalue weighted by Gasteiger charge is 2.40. The zero-order valence-corrected chi connectivity index (χ0v) is 13.5. The zero-order valence-electron chi connectivity index (χ0n) is 12.7. The summed E-state index contributed by atoms with van der Waals surface area (Å²) in [5.41, 5.74) is 2.16. The van der Waals surface area contributed by atoms with Gasteiger partial charge in [0.1, 0.15) is 10.6 Å². The number of fused-ring (bicyclic) bond motifs is 1. The third kappa shape index (κ3) is 2.39. The predicted molar refractivity (Wildman–Crippen MR) is 94.0 cm³/mol. The van der Waals surface area contributed by atoms with Crippen molar-refractivity contribution in [2.24, 2.45) is 0 Å². The topological polar surface area (TPSA) is 33.2 Å². The van der Waals surface area contributed by atoms with E-state index in [1.54, 1.807) is 18.0 Å². The first-order chi connectivity index (χ1) is 11.3. The average Bonchev–Trinajstić information content (AvgIpc) is 2.91. The Morgan fingerprint density at radius 3 is 2.70 bits per heavy atom. The lowest BCUT2D eigenvalue weighted by Gasteiger charge is -2.18. The molecular formula is C19H16N2OS. The van der Waals surface area contributed by atoms with Crippen LogP contribution in [0.15, 0.2) is 67.0 Å². The number of hydrogen-bond acceptors (Lipinski definition) is 3. The number of aromatic nitrogens is 1. The van der Waals surface area contributed by atoms with Crippen LogP contribution in [0.4, 0.5) is 0 Å². The molecule has 2 unspecified atom stereocenters. The fraction of sp³-hybridized carbons (Fsp3) is 0.158. The van der Waals surface area contributed by atoms with Gasteiger partial charge in [0.2, 0.25) is 5.91 Å². The van der Waals surface area contributed by atoms with E-state index in [9.17, 15) is 4.79 Å². The Morgan fingerprint density at radius 1 is 1.04 bits per heavy atom. The summed E-state index contributed by atoms with van der Waals surface area (Å²) in [5, 5.41) is 2.17. The molecule has 4 rings (SSSR count). The molecule has 2 heterocycles. The Balaban J connectivity index is 1.76. The molecule has 114 valence electrons. The van der Waals surface area contributed by atoms with E-state index in [4.69, 9.17) is 0 Å². The molecule has 2 aromatic carbocycles. The molecule has 1 amide bonds. The second-order valence-corrected chi connectivity index (χ2v) is 6.86. The maximum atomic E-state index is 12.8. The first kappa shape index (κ1) is 14.3. The summed E-state index contributed by atoms with van der Waals surface area (Å²) < 4.78 is 0. The van der Waals surface area contributed by atoms with Crippen molar-refractivity contribution in [1.29, 1.82) is 0 Å². The molecule has 0 radical (unpaired) electrons. The monoisotopic (exact) mass is 320 g/mol. The molecule has 1 aliphatic rings. The fourth-order valence-corrected chi connectivity index (χ4v) is 4.56. The Hall–Kier alpha value is -2.33. The first-order valence-electron chi connectivity index (χ1n) is 7.55. The molecule has 1 aliphatic heterocycles. The third-order valence-corrected chi connectivity index (χ3v) is 5.84. The number of pyridine rings is 1. The second kappa shape index (κ2) is 5.70. The average molecular weight is 320 g/mol. The van der Waals surface area contributed by atoms with Crippen LogP contribution in [0, 0.1) is 0 Å². The van der Waals surface area contributed by atoms with E-state index in [1.807, 2.05) is 48.5 Å². The molecule has 4 heteroatoms. The van der Waals surface area contributed by atoms with Crippen LogP contribution in [0.5, 0.6) is 0 Å². The van der Waals surface area contributed by atoms with Gasteiger partial charge < -0.3 is 4.90 Å². The van der Waals surface area contributed by atoms with Crippen molar-refractivity contribution >= 4 is 28.4 Å². The third-order valence-electron chi connectivity index (χ3n) is 4.26. The van der Waals surface area contributed by atoms with E-state index in [0.717, 1.165) is 16.5 Å². The standard InChI is InChI=1S/C19H16N2OS/c1-21-18(22)17(23-19(21)14-8-5-11-20-12-14)16-10-4-7-13-6-2-3-9-15(13)16/h2-12,17,19H,1H3. The van der Waals surface area contributed by atoms with E-state index in [2.05, 4.69) is 29.2 Å².